The maximum absolute atomic E-state index is 13.3. The largest absolute Gasteiger partial charge is 0.493 e. The predicted octanol–water partition coefficient (Wildman–Crippen LogP) is 1.91. The molecule has 9 heteroatoms. The number of carbonyl (C=O) groups is 2. The zero-order valence-corrected chi connectivity index (χ0v) is 18.4. The SMILES string of the molecule is CCOc1ccccc1C(=O)N1CCCC2(C1)Cn1nnc(CNC(=O)C3CC3)c1CO2. The van der Waals surface area contributed by atoms with Gasteiger partial charge in [0.2, 0.25) is 5.91 Å². The van der Waals surface area contributed by atoms with Crippen LogP contribution in [0.4, 0.5) is 0 Å². The van der Waals surface area contributed by atoms with Gasteiger partial charge >= 0.3 is 0 Å². The molecule has 1 aliphatic carbocycles. The molecule has 0 radical (unpaired) electrons. The minimum absolute atomic E-state index is 0.0374. The molecule has 170 valence electrons. The topological polar surface area (TPSA) is 98.6 Å². The van der Waals surface area contributed by atoms with E-state index in [-0.39, 0.29) is 17.7 Å². The molecule has 0 bridgehead atoms. The fourth-order valence-corrected chi connectivity index (χ4v) is 4.60. The smallest absolute Gasteiger partial charge is 0.257 e. The summed E-state index contributed by atoms with van der Waals surface area (Å²) in [5.74, 6) is 0.832. The Bertz CT molecular complexity index is 1020. The molecule has 1 aromatic carbocycles. The number of fused-ring (bicyclic) bond motifs is 1. The number of amides is 2. The summed E-state index contributed by atoms with van der Waals surface area (Å²) in [5.41, 5.74) is 1.75. The Labute approximate surface area is 187 Å². The Hall–Kier alpha value is -2.94. The molecule has 2 fully saturated rings. The molecule has 1 N–H and O–H groups in total. The van der Waals surface area contributed by atoms with E-state index in [2.05, 4.69) is 15.6 Å². The summed E-state index contributed by atoms with van der Waals surface area (Å²) in [7, 11) is 0. The van der Waals surface area contributed by atoms with Crippen molar-refractivity contribution < 1.29 is 19.1 Å². The van der Waals surface area contributed by atoms with Gasteiger partial charge in [0.1, 0.15) is 17.0 Å². The quantitative estimate of drug-likeness (QED) is 0.738. The summed E-state index contributed by atoms with van der Waals surface area (Å²) >= 11 is 0. The molecule has 1 spiro atoms. The van der Waals surface area contributed by atoms with E-state index in [0.29, 0.717) is 50.7 Å². The lowest BCUT2D eigenvalue weighted by molar-refractivity contribution is -0.123. The van der Waals surface area contributed by atoms with Crippen LogP contribution in [-0.2, 0) is 29.2 Å². The monoisotopic (exact) mass is 439 g/mol. The van der Waals surface area contributed by atoms with Gasteiger partial charge in [-0.3, -0.25) is 9.59 Å². The average molecular weight is 440 g/mol. The van der Waals surface area contributed by atoms with E-state index in [9.17, 15) is 9.59 Å². The number of piperidine rings is 1. The lowest BCUT2D eigenvalue weighted by atomic mass is 9.90. The second kappa shape index (κ2) is 8.54. The van der Waals surface area contributed by atoms with Gasteiger partial charge in [0.15, 0.2) is 0 Å². The highest BCUT2D eigenvalue weighted by atomic mass is 16.5. The van der Waals surface area contributed by atoms with Crippen molar-refractivity contribution in [1.29, 1.82) is 0 Å². The maximum atomic E-state index is 13.3. The van der Waals surface area contributed by atoms with Crippen molar-refractivity contribution in [2.75, 3.05) is 19.7 Å². The first-order valence-electron chi connectivity index (χ1n) is 11.4. The number of hydrogen-bond acceptors (Lipinski definition) is 6. The Kier molecular flexibility index (Phi) is 5.58. The van der Waals surface area contributed by atoms with Crippen LogP contribution in [0, 0.1) is 5.92 Å². The van der Waals surface area contributed by atoms with Gasteiger partial charge in [0.25, 0.3) is 5.91 Å². The summed E-state index contributed by atoms with van der Waals surface area (Å²) in [6.07, 6.45) is 3.66. The van der Waals surface area contributed by atoms with Crippen molar-refractivity contribution in [3.05, 3.63) is 41.2 Å². The number of carbonyl (C=O) groups excluding carboxylic acids is 2. The maximum Gasteiger partial charge on any atom is 0.257 e. The molecule has 3 aliphatic rings. The Morgan fingerprint density at radius 3 is 2.94 bits per heavy atom. The van der Waals surface area contributed by atoms with E-state index in [4.69, 9.17) is 9.47 Å². The van der Waals surface area contributed by atoms with E-state index >= 15 is 0 Å². The molecule has 1 atom stereocenters. The van der Waals surface area contributed by atoms with Crippen LogP contribution in [0.2, 0.25) is 0 Å². The standard InChI is InChI=1S/C23H29N5O4/c1-2-31-20-7-4-3-6-17(20)22(30)27-11-5-10-23(14-27)15-28-19(13-32-23)18(25-26-28)12-24-21(29)16-8-9-16/h3-4,6-7,16H,2,5,8-15H2,1H3,(H,24,29). The summed E-state index contributed by atoms with van der Waals surface area (Å²) in [4.78, 5) is 27.1. The van der Waals surface area contributed by atoms with Crippen molar-refractivity contribution in [1.82, 2.24) is 25.2 Å². The van der Waals surface area contributed by atoms with E-state index in [1.54, 1.807) is 0 Å². The highest BCUT2D eigenvalue weighted by molar-refractivity contribution is 5.97. The van der Waals surface area contributed by atoms with Crippen LogP contribution in [-0.4, -0.2) is 57.0 Å². The van der Waals surface area contributed by atoms with Crippen LogP contribution in [0.3, 0.4) is 0 Å². The number of para-hydroxylation sites is 1. The number of nitrogens with zero attached hydrogens (tertiary/aromatic N) is 4. The van der Waals surface area contributed by atoms with Crippen molar-refractivity contribution in [2.45, 2.75) is 57.9 Å². The van der Waals surface area contributed by atoms with Crippen LogP contribution in [0.1, 0.15) is 54.4 Å². The minimum atomic E-state index is -0.482. The summed E-state index contributed by atoms with van der Waals surface area (Å²) < 4.78 is 13.9. The Morgan fingerprint density at radius 1 is 1.28 bits per heavy atom. The van der Waals surface area contributed by atoms with Crippen LogP contribution >= 0.6 is 0 Å². The molecule has 32 heavy (non-hydrogen) atoms. The first-order valence-corrected chi connectivity index (χ1v) is 11.4. The van der Waals surface area contributed by atoms with Gasteiger partial charge < -0.3 is 19.7 Å². The van der Waals surface area contributed by atoms with Crippen LogP contribution < -0.4 is 10.1 Å². The molecular weight excluding hydrogens is 410 g/mol. The second-order valence-electron chi connectivity index (χ2n) is 8.86. The van der Waals surface area contributed by atoms with Crippen molar-refractivity contribution in [3.8, 4) is 5.75 Å². The van der Waals surface area contributed by atoms with Gasteiger partial charge in [-0.05, 0) is 44.7 Å². The molecule has 1 saturated carbocycles. The summed E-state index contributed by atoms with van der Waals surface area (Å²) in [6, 6.07) is 7.38. The predicted molar refractivity (Wildman–Crippen MR) is 115 cm³/mol. The van der Waals surface area contributed by atoms with Gasteiger partial charge in [-0.2, -0.15) is 0 Å². The fourth-order valence-electron chi connectivity index (χ4n) is 4.60. The highest BCUT2D eigenvalue weighted by Crippen LogP contribution is 2.34. The number of likely N-dealkylation sites (tertiary alicyclic amines) is 1. The number of ether oxygens (including phenoxy) is 2. The van der Waals surface area contributed by atoms with Crippen LogP contribution in [0.5, 0.6) is 5.75 Å². The minimum Gasteiger partial charge on any atom is -0.493 e. The summed E-state index contributed by atoms with van der Waals surface area (Å²) in [5, 5.41) is 11.6. The molecular formula is C23H29N5O4. The van der Waals surface area contributed by atoms with E-state index < -0.39 is 5.60 Å². The fraction of sp³-hybridized carbons (Fsp3) is 0.565. The number of hydrogen-bond donors (Lipinski definition) is 1. The van der Waals surface area contributed by atoms with Gasteiger partial charge in [-0.1, -0.05) is 17.3 Å². The number of rotatable bonds is 6. The van der Waals surface area contributed by atoms with Crippen molar-refractivity contribution in [3.63, 3.8) is 0 Å². The zero-order chi connectivity index (χ0) is 22.1. The molecule has 2 amide bonds. The summed E-state index contributed by atoms with van der Waals surface area (Å²) in [6.45, 7) is 4.90. The highest BCUT2D eigenvalue weighted by Gasteiger charge is 2.43. The third-order valence-electron chi connectivity index (χ3n) is 6.49. The van der Waals surface area contributed by atoms with Crippen LogP contribution in [0.25, 0.3) is 0 Å². The van der Waals surface area contributed by atoms with E-state index in [1.807, 2.05) is 40.8 Å². The third kappa shape index (κ3) is 4.09. The molecule has 1 aromatic heterocycles. The molecule has 3 heterocycles. The van der Waals surface area contributed by atoms with E-state index in [0.717, 1.165) is 37.1 Å². The molecule has 1 saturated heterocycles. The normalized spacial score (nSPS) is 22.5. The average Bonchev–Trinajstić information content (AvgIpc) is 3.59. The molecule has 5 rings (SSSR count). The van der Waals surface area contributed by atoms with Gasteiger partial charge in [0, 0.05) is 12.5 Å². The number of aromatic nitrogens is 3. The van der Waals surface area contributed by atoms with Crippen molar-refractivity contribution >= 4 is 11.8 Å². The molecule has 9 nitrogen and oxygen atoms in total. The number of benzene rings is 1. The van der Waals surface area contributed by atoms with E-state index in [1.165, 1.54) is 0 Å². The zero-order valence-electron chi connectivity index (χ0n) is 18.4. The lowest BCUT2D eigenvalue weighted by Gasteiger charge is -2.44. The van der Waals surface area contributed by atoms with Crippen LogP contribution in [0.15, 0.2) is 24.3 Å². The first kappa shape index (κ1) is 20.9. The Balaban J connectivity index is 1.28. The molecule has 2 aliphatic heterocycles. The first-order chi connectivity index (χ1) is 15.6. The third-order valence-corrected chi connectivity index (χ3v) is 6.49. The number of nitrogens with one attached hydrogen (secondary N) is 1. The second-order valence-corrected chi connectivity index (χ2v) is 8.86. The van der Waals surface area contributed by atoms with Gasteiger partial charge in [-0.25, -0.2) is 4.68 Å². The molecule has 2 aromatic rings. The lowest BCUT2D eigenvalue weighted by Crippen LogP contribution is -2.55. The van der Waals surface area contributed by atoms with Gasteiger partial charge in [0.05, 0.1) is 44.1 Å². The van der Waals surface area contributed by atoms with Gasteiger partial charge in [-0.15, -0.1) is 5.10 Å². The van der Waals surface area contributed by atoms with Crippen molar-refractivity contribution in [2.24, 2.45) is 5.92 Å². The molecule has 1 unspecified atom stereocenters. The Morgan fingerprint density at radius 2 is 2.12 bits per heavy atom.